The van der Waals surface area contributed by atoms with Gasteiger partial charge >= 0.3 is 5.97 Å². The van der Waals surface area contributed by atoms with Crippen LogP contribution in [-0.4, -0.2) is 33.6 Å². The number of benzene rings is 1. The van der Waals surface area contributed by atoms with Crippen molar-refractivity contribution < 1.29 is 9.53 Å². The van der Waals surface area contributed by atoms with Gasteiger partial charge in [0.2, 0.25) is 5.95 Å². The lowest BCUT2D eigenvalue weighted by Crippen LogP contribution is -2.07. The molecule has 2 rings (SSSR count). The van der Waals surface area contributed by atoms with Crippen LogP contribution in [0.2, 0.25) is 0 Å². The van der Waals surface area contributed by atoms with E-state index in [9.17, 15) is 4.79 Å². The van der Waals surface area contributed by atoms with E-state index in [1.807, 2.05) is 23.0 Å². The van der Waals surface area contributed by atoms with Crippen LogP contribution in [0.1, 0.15) is 22.8 Å². The van der Waals surface area contributed by atoms with Crippen LogP contribution in [0, 0.1) is 0 Å². The highest BCUT2D eigenvalue weighted by Gasteiger charge is 2.10. The van der Waals surface area contributed by atoms with Crippen molar-refractivity contribution in [3.8, 4) is 0 Å². The topological polar surface area (TPSA) is 83.0 Å². The van der Waals surface area contributed by atoms with E-state index in [2.05, 4.69) is 10.2 Å². The van der Waals surface area contributed by atoms with Gasteiger partial charge in [0, 0.05) is 0 Å². The summed E-state index contributed by atoms with van der Waals surface area (Å²) in [7, 11) is 0. The number of rotatable bonds is 5. The van der Waals surface area contributed by atoms with E-state index >= 15 is 0 Å². The molecule has 1 aromatic heterocycles. The van der Waals surface area contributed by atoms with Crippen LogP contribution in [0.15, 0.2) is 29.4 Å². The molecule has 0 amide bonds. The van der Waals surface area contributed by atoms with E-state index in [4.69, 9.17) is 10.5 Å². The summed E-state index contributed by atoms with van der Waals surface area (Å²) in [6.07, 6.45) is 1.92. The van der Waals surface area contributed by atoms with Crippen LogP contribution < -0.4 is 5.73 Å². The second kappa shape index (κ2) is 6.42. The normalized spacial score (nSPS) is 10.5. The summed E-state index contributed by atoms with van der Waals surface area (Å²) in [5, 5.41) is 8.59. The number of nitrogens with zero attached hydrogens (tertiary/aromatic N) is 3. The number of ether oxygens (including phenoxy) is 1. The molecule has 1 heterocycles. The van der Waals surface area contributed by atoms with Crippen molar-refractivity contribution in [2.45, 2.75) is 18.6 Å². The van der Waals surface area contributed by atoms with Gasteiger partial charge < -0.3 is 10.5 Å². The molecule has 2 aromatic rings. The molecule has 2 N–H and O–H groups in total. The van der Waals surface area contributed by atoms with Gasteiger partial charge in [-0.25, -0.2) is 4.79 Å². The third-order valence-electron chi connectivity index (χ3n) is 2.73. The number of esters is 1. The van der Waals surface area contributed by atoms with Crippen molar-refractivity contribution >= 4 is 23.7 Å². The first-order chi connectivity index (χ1) is 9.65. The third kappa shape index (κ3) is 3.11. The van der Waals surface area contributed by atoms with Crippen molar-refractivity contribution in [3.05, 3.63) is 35.4 Å². The van der Waals surface area contributed by atoms with E-state index in [0.717, 1.165) is 10.7 Å². The molecular formula is C13H16N4O2S. The minimum Gasteiger partial charge on any atom is -0.462 e. The maximum absolute atomic E-state index is 11.6. The summed E-state index contributed by atoms with van der Waals surface area (Å²) < 4.78 is 6.77. The molecule has 0 aliphatic heterocycles. The molecule has 0 spiro atoms. The fraction of sp³-hybridized carbons (Fsp3) is 0.308. The number of hydrogen-bond acceptors (Lipinski definition) is 6. The Labute approximate surface area is 121 Å². The smallest absolute Gasteiger partial charge is 0.338 e. The maximum Gasteiger partial charge on any atom is 0.338 e. The van der Waals surface area contributed by atoms with E-state index < -0.39 is 0 Å². The maximum atomic E-state index is 11.6. The Morgan fingerprint density at radius 1 is 1.35 bits per heavy atom. The Morgan fingerprint density at radius 3 is 2.65 bits per heavy atom. The number of carbonyl (C=O) groups excluding carboxylic acids is 1. The zero-order chi connectivity index (χ0) is 14.5. The lowest BCUT2D eigenvalue weighted by molar-refractivity contribution is 0.0526. The second-order valence-corrected chi connectivity index (χ2v) is 4.82. The average Bonchev–Trinajstić information content (AvgIpc) is 2.81. The number of hydrogen-bond donors (Lipinski definition) is 1. The lowest BCUT2D eigenvalue weighted by atomic mass is 10.1. The molecule has 20 heavy (non-hydrogen) atoms. The highest BCUT2D eigenvalue weighted by atomic mass is 32.2. The van der Waals surface area contributed by atoms with Gasteiger partial charge in [-0.3, -0.25) is 4.57 Å². The average molecular weight is 292 g/mol. The SMILES string of the molecule is CCOC(=O)c1ccc(Cn2c(N)nnc2SC)cc1. The van der Waals surface area contributed by atoms with Gasteiger partial charge in [0.05, 0.1) is 18.7 Å². The van der Waals surface area contributed by atoms with Gasteiger partial charge in [-0.2, -0.15) is 0 Å². The van der Waals surface area contributed by atoms with Gasteiger partial charge in [-0.05, 0) is 30.9 Å². The molecule has 1 aromatic carbocycles. The van der Waals surface area contributed by atoms with E-state index in [0.29, 0.717) is 24.7 Å². The minimum absolute atomic E-state index is 0.312. The largest absolute Gasteiger partial charge is 0.462 e. The Bertz CT molecular complexity index is 595. The van der Waals surface area contributed by atoms with Crippen LogP contribution in [0.4, 0.5) is 5.95 Å². The first-order valence-electron chi connectivity index (χ1n) is 6.14. The summed E-state index contributed by atoms with van der Waals surface area (Å²) in [5.74, 6) is 0.0662. The van der Waals surface area contributed by atoms with Crippen LogP contribution >= 0.6 is 11.8 Å². The van der Waals surface area contributed by atoms with Gasteiger partial charge in [0.1, 0.15) is 0 Å². The molecule has 0 saturated carbocycles. The number of anilines is 1. The first-order valence-corrected chi connectivity index (χ1v) is 7.37. The van der Waals surface area contributed by atoms with Gasteiger partial charge in [0.25, 0.3) is 0 Å². The van der Waals surface area contributed by atoms with Crippen molar-refractivity contribution in [2.75, 3.05) is 18.6 Å². The molecule has 0 atom stereocenters. The first kappa shape index (κ1) is 14.4. The summed E-state index contributed by atoms with van der Waals surface area (Å²) in [6, 6.07) is 7.23. The zero-order valence-corrected chi connectivity index (χ0v) is 12.2. The predicted molar refractivity (Wildman–Crippen MR) is 77.7 cm³/mol. The Balaban J connectivity index is 2.14. The molecular weight excluding hydrogens is 276 g/mol. The van der Waals surface area contributed by atoms with Crippen molar-refractivity contribution in [2.24, 2.45) is 0 Å². The number of thioether (sulfide) groups is 1. The Kier molecular flexibility index (Phi) is 4.62. The minimum atomic E-state index is -0.312. The fourth-order valence-electron chi connectivity index (χ4n) is 1.74. The van der Waals surface area contributed by atoms with Crippen molar-refractivity contribution in [3.63, 3.8) is 0 Å². The molecule has 0 radical (unpaired) electrons. The van der Waals surface area contributed by atoms with E-state index in [1.54, 1.807) is 19.1 Å². The molecule has 0 fully saturated rings. The van der Waals surface area contributed by atoms with Gasteiger partial charge in [-0.1, -0.05) is 23.9 Å². The van der Waals surface area contributed by atoms with Crippen molar-refractivity contribution in [1.29, 1.82) is 0 Å². The standard InChI is InChI=1S/C13H16N4O2S/c1-3-19-11(18)10-6-4-9(5-7-10)8-17-12(14)15-16-13(17)20-2/h4-7H,3,8H2,1-2H3,(H2,14,15). The number of aromatic nitrogens is 3. The van der Waals surface area contributed by atoms with Gasteiger partial charge in [0.15, 0.2) is 5.16 Å². The summed E-state index contributed by atoms with van der Waals surface area (Å²) >= 11 is 1.49. The summed E-state index contributed by atoms with van der Waals surface area (Å²) in [5.41, 5.74) is 7.34. The highest BCUT2D eigenvalue weighted by molar-refractivity contribution is 7.98. The molecule has 7 heteroatoms. The number of carbonyl (C=O) groups is 1. The van der Waals surface area contributed by atoms with E-state index in [-0.39, 0.29) is 5.97 Å². The number of nitrogens with two attached hydrogens (primary N) is 1. The summed E-state index contributed by atoms with van der Waals surface area (Å²) in [6.45, 7) is 2.72. The summed E-state index contributed by atoms with van der Waals surface area (Å²) in [4.78, 5) is 11.6. The van der Waals surface area contributed by atoms with Crippen LogP contribution in [-0.2, 0) is 11.3 Å². The molecule has 106 valence electrons. The molecule has 0 aliphatic carbocycles. The van der Waals surface area contributed by atoms with Crippen LogP contribution in [0.25, 0.3) is 0 Å². The molecule has 0 unspecified atom stereocenters. The van der Waals surface area contributed by atoms with Gasteiger partial charge in [-0.15, -0.1) is 10.2 Å². The Morgan fingerprint density at radius 2 is 2.05 bits per heavy atom. The molecule has 0 bridgehead atoms. The Hall–Kier alpha value is -2.02. The molecule has 0 aliphatic rings. The van der Waals surface area contributed by atoms with Crippen LogP contribution in [0.5, 0.6) is 0 Å². The van der Waals surface area contributed by atoms with E-state index in [1.165, 1.54) is 11.8 Å². The van der Waals surface area contributed by atoms with Crippen LogP contribution in [0.3, 0.4) is 0 Å². The zero-order valence-electron chi connectivity index (χ0n) is 11.4. The number of nitrogen functional groups attached to an aromatic ring is 1. The highest BCUT2D eigenvalue weighted by Crippen LogP contribution is 2.17. The third-order valence-corrected chi connectivity index (χ3v) is 3.40. The predicted octanol–water partition coefficient (Wildman–Crippen LogP) is 1.81. The van der Waals surface area contributed by atoms with Crippen molar-refractivity contribution in [1.82, 2.24) is 14.8 Å². The lowest BCUT2D eigenvalue weighted by Gasteiger charge is -2.07. The monoisotopic (exact) mass is 292 g/mol. The second-order valence-electron chi connectivity index (χ2n) is 4.05. The quantitative estimate of drug-likeness (QED) is 0.668. The fourth-order valence-corrected chi connectivity index (χ4v) is 2.24. The molecule has 0 saturated heterocycles. The molecule has 6 nitrogen and oxygen atoms in total.